The molecule has 7 heteroatoms. The summed E-state index contributed by atoms with van der Waals surface area (Å²) in [5, 5.41) is 11.5. The fraction of sp³-hybridized carbons (Fsp3) is 0.476. The Bertz CT molecular complexity index is 1030. The van der Waals surface area contributed by atoms with Crippen LogP contribution >= 0.6 is 0 Å². The van der Waals surface area contributed by atoms with Gasteiger partial charge in [0.15, 0.2) is 0 Å². The lowest BCUT2D eigenvalue weighted by molar-refractivity contribution is -0.0644. The van der Waals surface area contributed by atoms with Gasteiger partial charge in [0, 0.05) is 39.2 Å². The molecule has 1 amide bonds. The zero-order chi connectivity index (χ0) is 20.1. The van der Waals surface area contributed by atoms with Gasteiger partial charge in [0.2, 0.25) is 0 Å². The van der Waals surface area contributed by atoms with Crippen molar-refractivity contribution in [2.75, 3.05) is 13.1 Å². The number of hydrogen-bond donors (Lipinski definition) is 1. The summed E-state index contributed by atoms with van der Waals surface area (Å²) in [7, 11) is 2.89. The maximum absolute atomic E-state index is 13.1. The van der Waals surface area contributed by atoms with Crippen molar-refractivity contribution < 1.29 is 9.90 Å². The van der Waals surface area contributed by atoms with Gasteiger partial charge >= 0.3 is 5.69 Å². The Morgan fingerprint density at radius 2 is 1.82 bits per heavy atom. The summed E-state index contributed by atoms with van der Waals surface area (Å²) in [5.74, 6) is -0.190. The number of carbonyl (C=O) groups is 1. The lowest BCUT2D eigenvalue weighted by Gasteiger charge is -2.41. The molecule has 3 atom stereocenters. The summed E-state index contributed by atoms with van der Waals surface area (Å²) < 4.78 is 2.20. The molecule has 0 spiro atoms. The fourth-order valence-corrected chi connectivity index (χ4v) is 4.88. The number of likely N-dealkylation sites (tertiary alicyclic amines) is 1. The van der Waals surface area contributed by atoms with Crippen LogP contribution in [0.3, 0.4) is 0 Å². The van der Waals surface area contributed by atoms with Gasteiger partial charge in [-0.25, -0.2) is 4.79 Å². The van der Waals surface area contributed by atoms with E-state index in [9.17, 15) is 19.5 Å². The zero-order valence-electron chi connectivity index (χ0n) is 16.2. The highest BCUT2D eigenvalue weighted by atomic mass is 16.3. The molecule has 2 fully saturated rings. The third-order valence-corrected chi connectivity index (χ3v) is 6.49. The molecular formula is C21H25N3O4. The normalized spacial score (nSPS) is 26.9. The van der Waals surface area contributed by atoms with Crippen molar-refractivity contribution in [1.82, 2.24) is 14.0 Å². The van der Waals surface area contributed by atoms with Gasteiger partial charge in [-0.1, -0.05) is 30.3 Å². The minimum absolute atomic E-state index is 0.0591. The second-order valence-corrected chi connectivity index (χ2v) is 8.03. The molecule has 1 saturated heterocycles. The van der Waals surface area contributed by atoms with Gasteiger partial charge in [-0.15, -0.1) is 0 Å². The van der Waals surface area contributed by atoms with Crippen molar-refractivity contribution in [1.29, 1.82) is 0 Å². The minimum Gasteiger partial charge on any atom is -0.385 e. The van der Waals surface area contributed by atoms with Crippen LogP contribution in [0.5, 0.6) is 0 Å². The third kappa shape index (κ3) is 2.81. The first-order valence-corrected chi connectivity index (χ1v) is 9.67. The maximum atomic E-state index is 13.1. The van der Waals surface area contributed by atoms with E-state index in [-0.39, 0.29) is 23.4 Å². The molecule has 0 bridgehead atoms. The van der Waals surface area contributed by atoms with Crippen LogP contribution in [-0.4, -0.2) is 38.1 Å². The van der Waals surface area contributed by atoms with Crippen molar-refractivity contribution >= 4 is 5.91 Å². The molecule has 148 valence electrons. The number of fused-ring (bicyclic) bond motifs is 1. The molecule has 7 nitrogen and oxygen atoms in total. The SMILES string of the molecule is Cn1c(C(=O)N2C[C@@H]3CCC[C@@](O)(c4ccccc4)[C@@H]3C2)cc(=O)n(C)c1=O. The minimum atomic E-state index is -0.960. The van der Waals surface area contributed by atoms with Crippen LogP contribution in [0, 0.1) is 11.8 Å². The Balaban J connectivity index is 1.66. The van der Waals surface area contributed by atoms with Crippen molar-refractivity contribution in [2.24, 2.45) is 25.9 Å². The second-order valence-electron chi connectivity index (χ2n) is 8.03. The highest BCUT2D eigenvalue weighted by molar-refractivity contribution is 5.92. The fourth-order valence-electron chi connectivity index (χ4n) is 4.88. The van der Waals surface area contributed by atoms with E-state index in [1.807, 2.05) is 30.3 Å². The Labute approximate surface area is 162 Å². The van der Waals surface area contributed by atoms with Gasteiger partial charge in [-0.05, 0) is 30.7 Å². The molecule has 1 aliphatic carbocycles. The lowest BCUT2D eigenvalue weighted by Crippen LogP contribution is -2.43. The number of rotatable bonds is 2. The number of amides is 1. The largest absolute Gasteiger partial charge is 0.385 e. The predicted octanol–water partition coefficient (Wildman–Crippen LogP) is 0.844. The average Bonchev–Trinajstić information content (AvgIpc) is 3.15. The van der Waals surface area contributed by atoms with E-state index in [4.69, 9.17) is 0 Å². The Morgan fingerprint density at radius 1 is 1.11 bits per heavy atom. The van der Waals surface area contributed by atoms with Crippen LogP contribution in [0.15, 0.2) is 46.0 Å². The van der Waals surface area contributed by atoms with Crippen LogP contribution in [0.4, 0.5) is 0 Å². The van der Waals surface area contributed by atoms with Crippen molar-refractivity contribution in [2.45, 2.75) is 24.9 Å². The van der Waals surface area contributed by atoms with Crippen LogP contribution in [0.2, 0.25) is 0 Å². The molecule has 2 heterocycles. The Kier molecular flexibility index (Phi) is 4.50. The molecule has 2 aliphatic rings. The summed E-state index contributed by atoms with van der Waals surface area (Å²) in [6, 6.07) is 10.9. The first-order valence-electron chi connectivity index (χ1n) is 9.67. The van der Waals surface area contributed by atoms with E-state index in [1.165, 1.54) is 24.7 Å². The summed E-state index contributed by atoms with van der Waals surface area (Å²) >= 11 is 0. The van der Waals surface area contributed by atoms with E-state index >= 15 is 0 Å². The second kappa shape index (κ2) is 6.74. The number of nitrogens with zero attached hydrogens (tertiary/aromatic N) is 3. The van der Waals surface area contributed by atoms with Gasteiger partial charge < -0.3 is 10.0 Å². The summed E-state index contributed by atoms with van der Waals surface area (Å²) in [6.45, 7) is 0.945. The molecular weight excluding hydrogens is 358 g/mol. The molecule has 1 aliphatic heterocycles. The summed E-state index contributed by atoms with van der Waals surface area (Å²) in [6.07, 6.45) is 2.53. The highest BCUT2D eigenvalue weighted by Crippen LogP contribution is 2.48. The van der Waals surface area contributed by atoms with E-state index < -0.39 is 16.9 Å². The predicted molar refractivity (Wildman–Crippen MR) is 104 cm³/mol. The van der Waals surface area contributed by atoms with E-state index in [1.54, 1.807) is 4.90 Å². The van der Waals surface area contributed by atoms with Gasteiger partial charge in [0.05, 0.1) is 5.60 Å². The standard InChI is InChI=1S/C21H25N3O4/c1-22-17(11-18(25)23(2)20(22)27)19(26)24-12-14-7-6-10-21(28,16(14)13-24)15-8-4-3-5-9-15/h3-5,8-9,11,14,16,28H,6-7,10,12-13H2,1-2H3/t14-,16+,21+/m0/s1. The molecule has 1 N–H and O–H groups in total. The molecule has 28 heavy (non-hydrogen) atoms. The molecule has 2 aromatic rings. The molecule has 1 saturated carbocycles. The number of aromatic nitrogens is 2. The Hall–Kier alpha value is -2.67. The van der Waals surface area contributed by atoms with Gasteiger partial charge in [0.1, 0.15) is 5.69 Å². The number of benzene rings is 1. The van der Waals surface area contributed by atoms with Crippen molar-refractivity contribution in [3.05, 3.63) is 68.5 Å². The van der Waals surface area contributed by atoms with Crippen LogP contribution in [-0.2, 0) is 19.7 Å². The van der Waals surface area contributed by atoms with E-state index in [0.29, 0.717) is 19.5 Å². The number of hydrogen-bond acceptors (Lipinski definition) is 4. The first kappa shape index (κ1) is 18.7. The topological polar surface area (TPSA) is 84.5 Å². The molecule has 4 rings (SSSR count). The monoisotopic (exact) mass is 383 g/mol. The van der Waals surface area contributed by atoms with E-state index in [2.05, 4.69) is 0 Å². The highest BCUT2D eigenvalue weighted by Gasteiger charge is 2.50. The Morgan fingerprint density at radius 3 is 2.54 bits per heavy atom. The molecule has 0 radical (unpaired) electrons. The van der Waals surface area contributed by atoms with Crippen LogP contribution < -0.4 is 11.2 Å². The quantitative estimate of drug-likeness (QED) is 0.833. The first-order chi connectivity index (χ1) is 13.3. The van der Waals surface area contributed by atoms with Crippen LogP contribution in [0.1, 0.15) is 35.3 Å². The number of carbonyl (C=O) groups excluding carboxylic acids is 1. The summed E-state index contributed by atoms with van der Waals surface area (Å²) in [5.41, 5.74) is -0.996. The molecule has 0 unspecified atom stereocenters. The van der Waals surface area contributed by atoms with Gasteiger partial charge in [-0.3, -0.25) is 18.7 Å². The van der Waals surface area contributed by atoms with Crippen molar-refractivity contribution in [3.8, 4) is 0 Å². The lowest BCUT2D eigenvalue weighted by atomic mass is 9.67. The van der Waals surface area contributed by atoms with Gasteiger partial charge in [0.25, 0.3) is 11.5 Å². The maximum Gasteiger partial charge on any atom is 0.331 e. The molecule has 1 aromatic heterocycles. The smallest absolute Gasteiger partial charge is 0.331 e. The third-order valence-electron chi connectivity index (χ3n) is 6.49. The molecule has 1 aromatic carbocycles. The number of aliphatic hydroxyl groups is 1. The van der Waals surface area contributed by atoms with Crippen molar-refractivity contribution in [3.63, 3.8) is 0 Å². The summed E-state index contributed by atoms with van der Waals surface area (Å²) in [4.78, 5) is 39.0. The average molecular weight is 383 g/mol. The van der Waals surface area contributed by atoms with Gasteiger partial charge in [-0.2, -0.15) is 0 Å². The zero-order valence-corrected chi connectivity index (χ0v) is 16.2. The van der Waals surface area contributed by atoms with E-state index in [0.717, 1.165) is 23.0 Å². The van der Waals surface area contributed by atoms with Crippen LogP contribution in [0.25, 0.3) is 0 Å².